The van der Waals surface area contributed by atoms with Crippen LogP contribution < -0.4 is 10.2 Å². The zero-order chi connectivity index (χ0) is 17.2. The van der Waals surface area contributed by atoms with Gasteiger partial charge in [-0.25, -0.2) is 0 Å². The van der Waals surface area contributed by atoms with Crippen molar-refractivity contribution in [2.45, 2.75) is 13.3 Å². The van der Waals surface area contributed by atoms with Crippen molar-refractivity contribution in [2.75, 3.05) is 24.5 Å². The second-order valence-corrected chi connectivity index (χ2v) is 7.49. The Hall–Kier alpha value is -2.60. The van der Waals surface area contributed by atoms with Gasteiger partial charge in [0.2, 0.25) is 0 Å². The number of aryl methyl sites for hydroxylation is 1. The summed E-state index contributed by atoms with van der Waals surface area (Å²) in [6.45, 7) is 4.49. The van der Waals surface area contributed by atoms with Crippen LogP contribution in [-0.2, 0) is 6.42 Å². The van der Waals surface area contributed by atoms with Crippen LogP contribution in [0.2, 0.25) is 0 Å². The van der Waals surface area contributed by atoms with E-state index in [1.807, 2.05) is 12.1 Å². The number of hydrogen-bond donors (Lipinski definition) is 2. The first-order chi connectivity index (χ1) is 12.2. The van der Waals surface area contributed by atoms with Crippen LogP contribution >= 0.6 is 11.3 Å². The molecule has 25 heavy (non-hydrogen) atoms. The van der Waals surface area contributed by atoms with Crippen LogP contribution in [0.5, 0.6) is 0 Å². The molecule has 1 aliphatic rings. The van der Waals surface area contributed by atoms with Crippen LogP contribution in [-0.4, -0.2) is 35.7 Å². The average Bonchev–Trinajstić information content (AvgIpc) is 3.34. The SMILES string of the molecule is Cc1ccc(-c2cc(C(=O)NCCN3CCc4ccccc43)n[nH]2)s1. The predicted molar refractivity (Wildman–Crippen MR) is 101 cm³/mol. The summed E-state index contributed by atoms with van der Waals surface area (Å²) >= 11 is 1.68. The van der Waals surface area contributed by atoms with Gasteiger partial charge in [0.05, 0.1) is 10.6 Å². The molecule has 2 N–H and O–H groups in total. The van der Waals surface area contributed by atoms with Gasteiger partial charge in [-0.1, -0.05) is 18.2 Å². The zero-order valence-electron chi connectivity index (χ0n) is 14.1. The molecule has 0 saturated heterocycles. The first-order valence-corrected chi connectivity index (χ1v) is 9.25. The lowest BCUT2D eigenvalue weighted by atomic mass is 10.2. The molecule has 2 aromatic heterocycles. The summed E-state index contributed by atoms with van der Waals surface area (Å²) in [5.41, 5.74) is 3.99. The zero-order valence-corrected chi connectivity index (χ0v) is 14.9. The number of aromatic nitrogens is 2. The molecule has 3 aromatic rings. The molecule has 1 aliphatic heterocycles. The number of rotatable bonds is 5. The van der Waals surface area contributed by atoms with Gasteiger partial charge in [-0.15, -0.1) is 11.3 Å². The van der Waals surface area contributed by atoms with Crippen LogP contribution in [0.4, 0.5) is 5.69 Å². The molecular weight excluding hydrogens is 332 g/mol. The Kier molecular flexibility index (Phi) is 4.28. The lowest BCUT2D eigenvalue weighted by Crippen LogP contribution is -2.34. The monoisotopic (exact) mass is 352 g/mol. The summed E-state index contributed by atoms with van der Waals surface area (Å²) < 4.78 is 0. The molecule has 0 radical (unpaired) electrons. The van der Waals surface area contributed by atoms with Gasteiger partial charge in [0.15, 0.2) is 5.69 Å². The topological polar surface area (TPSA) is 61.0 Å². The summed E-state index contributed by atoms with van der Waals surface area (Å²) in [7, 11) is 0. The Balaban J connectivity index is 1.33. The van der Waals surface area contributed by atoms with Crippen LogP contribution in [0.25, 0.3) is 10.6 Å². The van der Waals surface area contributed by atoms with E-state index >= 15 is 0 Å². The van der Waals surface area contributed by atoms with E-state index in [1.54, 1.807) is 11.3 Å². The third-order valence-corrected chi connectivity index (χ3v) is 5.50. The smallest absolute Gasteiger partial charge is 0.271 e. The van der Waals surface area contributed by atoms with Crippen molar-refractivity contribution in [3.05, 3.63) is 58.6 Å². The van der Waals surface area contributed by atoms with E-state index < -0.39 is 0 Å². The lowest BCUT2D eigenvalue weighted by molar-refractivity contribution is 0.0949. The molecule has 128 valence electrons. The van der Waals surface area contributed by atoms with E-state index in [-0.39, 0.29) is 5.91 Å². The number of nitrogens with zero attached hydrogens (tertiary/aromatic N) is 2. The van der Waals surface area contributed by atoms with Crippen molar-refractivity contribution in [1.82, 2.24) is 15.5 Å². The minimum atomic E-state index is -0.136. The Morgan fingerprint density at radius 3 is 3.04 bits per heavy atom. The maximum Gasteiger partial charge on any atom is 0.271 e. The van der Waals surface area contributed by atoms with Gasteiger partial charge in [-0.3, -0.25) is 9.89 Å². The molecule has 0 aliphatic carbocycles. The van der Waals surface area contributed by atoms with Gasteiger partial charge >= 0.3 is 0 Å². The highest BCUT2D eigenvalue weighted by Gasteiger charge is 2.18. The minimum absolute atomic E-state index is 0.136. The van der Waals surface area contributed by atoms with Gasteiger partial charge in [0.25, 0.3) is 5.91 Å². The van der Waals surface area contributed by atoms with Crippen molar-refractivity contribution in [3.63, 3.8) is 0 Å². The molecule has 0 fully saturated rings. The van der Waals surface area contributed by atoms with E-state index in [9.17, 15) is 4.79 Å². The third kappa shape index (κ3) is 3.30. The van der Waals surface area contributed by atoms with E-state index in [4.69, 9.17) is 0 Å². The number of carbonyl (C=O) groups is 1. The van der Waals surface area contributed by atoms with Gasteiger partial charge in [0, 0.05) is 30.2 Å². The number of anilines is 1. The number of benzene rings is 1. The quantitative estimate of drug-likeness (QED) is 0.741. The Morgan fingerprint density at radius 2 is 2.20 bits per heavy atom. The van der Waals surface area contributed by atoms with Gasteiger partial charge < -0.3 is 10.2 Å². The number of H-pyrrole nitrogens is 1. The first-order valence-electron chi connectivity index (χ1n) is 8.44. The number of fused-ring (bicyclic) bond motifs is 1. The molecule has 3 heterocycles. The maximum atomic E-state index is 12.3. The van der Waals surface area contributed by atoms with Gasteiger partial charge in [-0.05, 0) is 43.2 Å². The van der Waals surface area contributed by atoms with E-state index in [2.05, 4.69) is 57.7 Å². The van der Waals surface area contributed by atoms with Crippen LogP contribution in [0.3, 0.4) is 0 Å². The molecule has 5 nitrogen and oxygen atoms in total. The van der Waals surface area contributed by atoms with Crippen LogP contribution in [0, 0.1) is 6.92 Å². The molecule has 1 aromatic carbocycles. The number of hydrogen-bond acceptors (Lipinski definition) is 4. The minimum Gasteiger partial charge on any atom is -0.369 e. The number of amides is 1. The highest BCUT2D eigenvalue weighted by Crippen LogP contribution is 2.27. The number of thiophene rings is 1. The molecule has 0 unspecified atom stereocenters. The Bertz CT molecular complexity index is 898. The lowest BCUT2D eigenvalue weighted by Gasteiger charge is -2.19. The van der Waals surface area contributed by atoms with E-state index in [1.165, 1.54) is 16.1 Å². The number of nitrogens with one attached hydrogen (secondary N) is 2. The highest BCUT2D eigenvalue weighted by atomic mass is 32.1. The molecule has 0 spiro atoms. The number of aromatic amines is 1. The molecule has 0 atom stereocenters. The first kappa shape index (κ1) is 15.9. The van der Waals surface area contributed by atoms with Crippen LogP contribution in [0.1, 0.15) is 20.9 Å². The van der Waals surface area contributed by atoms with Crippen molar-refractivity contribution in [3.8, 4) is 10.6 Å². The van der Waals surface area contributed by atoms with Crippen molar-refractivity contribution in [2.24, 2.45) is 0 Å². The predicted octanol–water partition coefficient (Wildman–Crippen LogP) is 3.24. The molecule has 0 bridgehead atoms. The summed E-state index contributed by atoms with van der Waals surface area (Å²) in [4.78, 5) is 17.0. The second-order valence-electron chi connectivity index (χ2n) is 6.20. The average molecular weight is 352 g/mol. The summed E-state index contributed by atoms with van der Waals surface area (Å²) in [6, 6.07) is 14.4. The van der Waals surface area contributed by atoms with Crippen molar-refractivity contribution in [1.29, 1.82) is 0 Å². The van der Waals surface area contributed by atoms with Crippen molar-refractivity contribution < 1.29 is 4.79 Å². The number of para-hydroxylation sites is 1. The Labute approximate surface area is 150 Å². The summed E-state index contributed by atoms with van der Waals surface area (Å²) in [6.07, 6.45) is 1.08. The highest BCUT2D eigenvalue weighted by molar-refractivity contribution is 7.15. The molecule has 0 saturated carbocycles. The largest absolute Gasteiger partial charge is 0.369 e. The maximum absolute atomic E-state index is 12.3. The molecule has 6 heteroatoms. The second kappa shape index (κ2) is 6.72. The van der Waals surface area contributed by atoms with E-state index in [0.29, 0.717) is 12.2 Å². The fourth-order valence-electron chi connectivity index (χ4n) is 3.18. The van der Waals surface area contributed by atoms with E-state index in [0.717, 1.165) is 30.1 Å². The fraction of sp³-hybridized carbons (Fsp3) is 0.263. The molecule has 4 rings (SSSR count). The summed E-state index contributed by atoms with van der Waals surface area (Å²) in [5, 5.41) is 10.1. The summed E-state index contributed by atoms with van der Waals surface area (Å²) in [5.74, 6) is -0.136. The van der Waals surface area contributed by atoms with Gasteiger partial charge in [-0.2, -0.15) is 5.10 Å². The van der Waals surface area contributed by atoms with Crippen LogP contribution in [0.15, 0.2) is 42.5 Å². The standard InChI is InChI=1S/C19H20N4OS/c1-13-6-7-18(25-13)15-12-16(22-21-15)19(24)20-9-11-23-10-8-14-4-2-3-5-17(14)23/h2-7,12H,8-11H2,1H3,(H,20,24)(H,21,22). The van der Waals surface area contributed by atoms with Gasteiger partial charge in [0.1, 0.15) is 0 Å². The Morgan fingerprint density at radius 1 is 1.32 bits per heavy atom. The fourth-order valence-corrected chi connectivity index (χ4v) is 4.01. The van der Waals surface area contributed by atoms with Crippen molar-refractivity contribution >= 4 is 22.9 Å². The molecular formula is C19H20N4OS. The number of carbonyl (C=O) groups excluding carboxylic acids is 1. The third-order valence-electron chi connectivity index (χ3n) is 4.47. The molecule has 1 amide bonds. The normalized spacial score (nSPS) is 13.1.